The number of benzene rings is 2. The standard InChI is InChI=1S/C21H21F2N5O/c1-13-24-20(27-26-13)19-10-16(25-21(29)15-5-3-2-4-6-15)12-28(19)11-14-7-8-17(22)18(23)9-14/h2-9,16,19H,10-12H2,1H3,(H,25,29)(H,24,26,27). The molecular weight excluding hydrogens is 376 g/mol. The van der Waals surface area contributed by atoms with Gasteiger partial charge in [0, 0.05) is 24.7 Å². The summed E-state index contributed by atoms with van der Waals surface area (Å²) in [6.07, 6.45) is 0.625. The van der Waals surface area contributed by atoms with E-state index in [9.17, 15) is 13.6 Å². The first-order valence-corrected chi connectivity index (χ1v) is 9.42. The Kier molecular flexibility index (Phi) is 5.35. The van der Waals surface area contributed by atoms with Crippen LogP contribution >= 0.6 is 0 Å². The highest BCUT2D eigenvalue weighted by molar-refractivity contribution is 5.94. The quantitative estimate of drug-likeness (QED) is 0.694. The van der Waals surface area contributed by atoms with Gasteiger partial charge >= 0.3 is 0 Å². The molecular formula is C21H21F2N5O. The van der Waals surface area contributed by atoms with Crippen molar-refractivity contribution in [3.8, 4) is 0 Å². The van der Waals surface area contributed by atoms with E-state index in [4.69, 9.17) is 0 Å². The number of H-pyrrole nitrogens is 1. The van der Waals surface area contributed by atoms with E-state index in [2.05, 4.69) is 25.4 Å². The topological polar surface area (TPSA) is 73.9 Å². The van der Waals surface area contributed by atoms with Crippen LogP contribution in [-0.2, 0) is 6.54 Å². The number of amides is 1. The van der Waals surface area contributed by atoms with Crippen LogP contribution in [0.3, 0.4) is 0 Å². The molecule has 2 N–H and O–H groups in total. The molecule has 2 aromatic carbocycles. The summed E-state index contributed by atoms with van der Waals surface area (Å²) in [5.74, 6) is -0.563. The summed E-state index contributed by atoms with van der Waals surface area (Å²) in [6.45, 7) is 2.77. The summed E-state index contributed by atoms with van der Waals surface area (Å²) in [4.78, 5) is 19.0. The van der Waals surface area contributed by atoms with Crippen molar-refractivity contribution in [3.63, 3.8) is 0 Å². The smallest absolute Gasteiger partial charge is 0.251 e. The molecule has 2 heterocycles. The third-order valence-electron chi connectivity index (χ3n) is 5.06. The van der Waals surface area contributed by atoms with Crippen molar-refractivity contribution >= 4 is 5.91 Å². The van der Waals surface area contributed by atoms with Gasteiger partial charge in [0.25, 0.3) is 5.91 Å². The second kappa shape index (κ2) is 8.08. The molecule has 3 aromatic rings. The fourth-order valence-electron chi connectivity index (χ4n) is 3.69. The Balaban J connectivity index is 1.52. The monoisotopic (exact) mass is 397 g/mol. The molecule has 1 aromatic heterocycles. The van der Waals surface area contributed by atoms with Crippen LogP contribution in [0.2, 0.25) is 0 Å². The van der Waals surface area contributed by atoms with E-state index in [-0.39, 0.29) is 18.0 Å². The summed E-state index contributed by atoms with van der Waals surface area (Å²) < 4.78 is 26.9. The summed E-state index contributed by atoms with van der Waals surface area (Å²) in [5, 5.41) is 10.2. The minimum atomic E-state index is -0.874. The summed E-state index contributed by atoms with van der Waals surface area (Å²) in [7, 11) is 0. The van der Waals surface area contributed by atoms with Gasteiger partial charge in [0.15, 0.2) is 17.5 Å². The molecule has 1 aliphatic rings. The van der Waals surface area contributed by atoms with Gasteiger partial charge in [-0.05, 0) is 43.2 Å². The van der Waals surface area contributed by atoms with Gasteiger partial charge in [-0.2, -0.15) is 5.10 Å². The van der Waals surface area contributed by atoms with Gasteiger partial charge in [0.05, 0.1) is 6.04 Å². The van der Waals surface area contributed by atoms with E-state index < -0.39 is 11.6 Å². The first-order valence-electron chi connectivity index (χ1n) is 9.42. The van der Waals surface area contributed by atoms with E-state index in [1.807, 2.05) is 25.1 Å². The third-order valence-corrected chi connectivity index (χ3v) is 5.06. The van der Waals surface area contributed by atoms with Crippen LogP contribution in [0.25, 0.3) is 0 Å². The lowest BCUT2D eigenvalue weighted by Crippen LogP contribution is -2.37. The second-order valence-electron chi connectivity index (χ2n) is 7.24. The SMILES string of the molecule is Cc1nc(C2CC(NC(=O)c3ccccc3)CN2Cc2ccc(F)c(F)c2)n[nH]1. The van der Waals surface area contributed by atoms with Gasteiger partial charge in [-0.1, -0.05) is 24.3 Å². The van der Waals surface area contributed by atoms with E-state index in [1.54, 1.807) is 18.2 Å². The van der Waals surface area contributed by atoms with Crippen LogP contribution in [0.1, 0.15) is 40.0 Å². The number of nitrogens with one attached hydrogen (secondary N) is 2. The van der Waals surface area contributed by atoms with Gasteiger partial charge in [-0.25, -0.2) is 13.8 Å². The van der Waals surface area contributed by atoms with Crippen molar-refractivity contribution in [1.29, 1.82) is 0 Å². The first-order chi connectivity index (χ1) is 14.0. The summed E-state index contributed by atoms with van der Waals surface area (Å²) in [5.41, 5.74) is 1.24. The number of aromatic nitrogens is 3. The molecule has 4 rings (SSSR count). The molecule has 0 aliphatic carbocycles. The Morgan fingerprint density at radius 1 is 1.21 bits per heavy atom. The maximum atomic E-state index is 13.6. The number of carbonyl (C=O) groups is 1. The Bertz CT molecular complexity index is 1010. The average molecular weight is 397 g/mol. The van der Waals surface area contributed by atoms with Gasteiger partial charge < -0.3 is 5.32 Å². The molecule has 0 radical (unpaired) electrons. The maximum absolute atomic E-state index is 13.6. The zero-order valence-electron chi connectivity index (χ0n) is 15.9. The van der Waals surface area contributed by atoms with Crippen LogP contribution in [-0.4, -0.2) is 38.6 Å². The molecule has 1 fully saturated rings. The Labute approximate surface area is 167 Å². The molecule has 1 amide bonds. The molecule has 1 saturated heterocycles. The van der Waals surface area contributed by atoms with Crippen LogP contribution < -0.4 is 5.32 Å². The minimum Gasteiger partial charge on any atom is -0.348 e. The molecule has 6 nitrogen and oxygen atoms in total. The van der Waals surface area contributed by atoms with Gasteiger partial charge in [-0.15, -0.1) is 0 Å². The highest BCUT2D eigenvalue weighted by Gasteiger charge is 2.36. The number of halogens is 2. The zero-order valence-corrected chi connectivity index (χ0v) is 15.9. The predicted octanol–water partition coefficient (Wildman–Crippen LogP) is 3.14. The average Bonchev–Trinajstić information content (AvgIpc) is 3.31. The van der Waals surface area contributed by atoms with Gasteiger partial charge in [0.2, 0.25) is 0 Å². The number of rotatable bonds is 5. The number of aryl methyl sites for hydroxylation is 1. The number of hydrogen-bond acceptors (Lipinski definition) is 4. The third kappa shape index (κ3) is 4.32. The molecule has 2 unspecified atom stereocenters. The molecule has 0 saturated carbocycles. The Hall–Kier alpha value is -3.13. The number of aromatic amines is 1. The Morgan fingerprint density at radius 2 is 2.00 bits per heavy atom. The number of nitrogens with zero attached hydrogens (tertiary/aromatic N) is 3. The first kappa shape index (κ1) is 19.2. The zero-order chi connectivity index (χ0) is 20.4. The van der Waals surface area contributed by atoms with E-state index in [1.165, 1.54) is 6.07 Å². The highest BCUT2D eigenvalue weighted by Crippen LogP contribution is 2.32. The molecule has 8 heteroatoms. The van der Waals surface area contributed by atoms with Crippen LogP contribution in [0, 0.1) is 18.6 Å². The van der Waals surface area contributed by atoms with Crippen molar-refractivity contribution in [2.75, 3.05) is 6.54 Å². The molecule has 0 spiro atoms. The van der Waals surface area contributed by atoms with E-state index >= 15 is 0 Å². The number of likely N-dealkylation sites (tertiary alicyclic amines) is 1. The Morgan fingerprint density at radius 3 is 2.69 bits per heavy atom. The second-order valence-corrected chi connectivity index (χ2v) is 7.24. The number of hydrogen-bond donors (Lipinski definition) is 2. The van der Waals surface area contributed by atoms with Gasteiger partial charge in [-0.3, -0.25) is 14.8 Å². The van der Waals surface area contributed by atoms with Crippen LogP contribution in [0.5, 0.6) is 0 Å². The van der Waals surface area contributed by atoms with Crippen LogP contribution in [0.4, 0.5) is 8.78 Å². The van der Waals surface area contributed by atoms with E-state index in [0.29, 0.717) is 42.3 Å². The van der Waals surface area contributed by atoms with E-state index in [0.717, 1.165) is 6.07 Å². The van der Waals surface area contributed by atoms with Gasteiger partial charge in [0.1, 0.15) is 5.82 Å². The van der Waals surface area contributed by atoms with Crippen molar-refractivity contribution in [3.05, 3.63) is 82.9 Å². The largest absolute Gasteiger partial charge is 0.348 e. The van der Waals surface area contributed by atoms with Crippen molar-refractivity contribution in [1.82, 2.24) is 25.4 Å². The fourth-order valence-corrected chi connectivity index (χ4v) is 3.69. The fraction of sp³-hybridized carbons (Fsp3) is 0.286. The lowest BCUT2D eigenvalue weighted by atomic mass is 10.1. The highest BCUT2D eigenvalue weighted by atomic mass is 19.2. The molecule has 0 bridgehead atoms. The lowest BCUT2D eigenvalue weighted by Gasteiger charge is -2.22. The molecule has 1 aliphatic heterocycles. The lowest BCUT2D eigenvalue weighted by molar-refractivity contribution is 0.0937. The normalized spacial score (nSPS) is 19.4. The van der Waals surface area contributed by atoms with Crippen LogP contribution in [0.15, 0.2) is 48.5 Å². The van der Waals surface area contributed by atoms with Crippen molar-refractivity contribution in [2.24, 2.45) is 0 Å². The maximum Gasteiger partial charge on any atom is 0.251 e. The molecule has 2 atom stereocenters. The predicted molar refractivity (Wildman–Crippen MR) is 103 cm³/mol. The summed E-state index contributed by atoms with van der Waals surface area (Å²) >= 11 is 0. The van der Waals surface area contributed by atoms with Crippen molar-refractivity contribution in [2.45, 2.75) is 32.0 Å². The number of carbonyl (C=O) groups excluding carboxylic acids is 1. The molecule has 150 valence electrons. The van der Waals surface area contributed by atoms with Crippen molar-refractivity contribution < 1.29 is 13.6 Å². The molecule has 29 heavy (non-hydrogen) atoms. The minimum absolute atomic E-state index is 0.114. The summed E-state index contributed by atoms with van der Waals surface area (Å²) in [6, 6.07) is 12.7.